The number of carboxylic acids is 1. The molecule has 41 heavy (non-hydrogen) atoms. The molecule has 2 heterocycles. The summed E-state index contributed by atoms with van der Waals surface area (Å²) in [7, 11) is 0. The molecule has 6 aromatic rings. The minimum Gasteiger partial charge on any atom is -0.478 e. The molecule has 0 aliphatic carbocycles. The largest absolute Gasteiger partial charge is 0.478 e. The summed E-state index contributed by atoms with van der Waals surface area (Å²) in [4.78, 5) is 29.7. The second-order valence-electron chi connectivity index (χ2n) is 10.0. The second kappa shape index (κ2) is 10.7. The molecule has 0 aliphatic heterocycles. The maximum Gasteiger partial charge on any atom is 0.335 e. The van der Waals surface area contributed by atoms with Crippen molar-refractivity contribution in [2.24, 2.45) is 0 Å². The number of halogens is 1. The third-order valence-electron chi connectivity index (χ3n) is 7.27. The van der Waals surface area contributed by atoms with E-state index in [1.807, 2.05) is 72.3 Å². The monoisotopic (exact) mass is 543 g/mol. The lowest BCUT2D eigenvalue weighted by Crippen LogP contribution is -2.27. The summed E-state index contributed by atoms with van der Waals surface area (Å²) in [5, 5.41) is 13.6. The van der Waals surface area contributed by atoms with Crippen molar-refractivity contribution in [3.05, 3.63) is 138 Å². The van der Waals surface area contributed by atoms with E-state index in [1.54, 1.807) is 30.3 Å². The predicted molar refractivity (Wildman–Crippen MR) is 157 cm³/mol. The molecule has 2 aromatic heterocycles. The molecule has 7 heteroatoms. The highest BCUT2D eigenvalue weighted by atomic mass is 19.1. The van der Waals surface area contributed by atoms with E-state index >= 15 is 0 Å². The number of nitrogens with one attached hydrogen (secondary N) is 1. The van der Waals surface area contributed by atoms with Gasteiger partial charge in [0.2, 0.25) is 0 Å². The number of para-hydroxylation sites is 1. The molecule has 1 amide bonds. The Morgan fingerprint density at radius 3 is 2.39 bits per heavy atom. The van der Waals surface area contributed by atoms with Crippen LogP contribution in [-0.4, -0.2) is 26.5 Å². The number of hydrogen-bond donors (Lipinski definition) is 2. The Kier molecular flexibility index (Phi) is 6.77. The fraction of sp³-hybridized carbons (Fsp3) is 0.0882. The van der Waals surface area contributed by atoms with Gasteiger partial charge in [0.25, 0.3) is 5.91 Å². The lowest BCUT2D eigenvalue weighted by Gasteiger charge is -2.17. The highest BCUT2D eigenvalue weighted by Crippen LogP contribution is 2.30. The average molecular weight is 544 g/mol. The van der Waals surface area contributed by atoms with E-state index in [9.17, 15) is 19.1 Å². The number of carboxylic acid groups (broad SMARTS) is 1. The summed E-state index contributed by atoms with van der Waals surface area (Å²) in [5.41, 5.74) is 5.15. The van der Waals surface area contributed by atoms with Crippen LogP contribution < -0.4 is 5.32 Å². The number of nitrogens with zero attached hydrogens (tertiary/aromatic N) is 2. The quantitative estimate of drug-likeness (QED) is 0.222. The molecule has 0 bridgehead atoms. The van der Waals surface area contributed by atoms with Gasteiger partial charge in [0.05, 0.1) is 40.4 Å². The van der Waals surface area contributed by atoms with Crippen molar-refractivity contribution >= 4 is 33.7 Å². The Labute approximate surface area is 235 Å². The van der Waals surface area contributed by atoms with Crippen LogP contribution in [0.3, 0.4) is 0 Å². The molecular formula is C34H26FN3O3. The van der Waals surface area contributed by atoms with Crippen LogP contribution in [0.25, 0.3) is 32.9 Å². The van der Waals surface area contributed by atoms with Gasteiger partial charge in [-0.05, 0) is 72.1 Å². The molecule has 0 aliphatic rings. The first-order valence-electron chi connectivity index (χ1n) is 13.2. The molecule has 202 valence electrons. The minimum atomic E-state index is -1.00. The van der Waals surface area contributed by atoms with Crippen LogP contribution in [0.1, 0.15) is 44.9 Å². The summed E-state index contributed by atoms with van der Waals surface area (Å²) < 4.78 is 16.8. The Morgan fingerprint density at radius 1 is 0.902 bits per heavy atom. The van der Waals surface area contributed by atoms with E-state index in [4.69, 9.17) is 0 Å². The molecular weight excluding hydrogens is 517 g/mol. The van der Waals surface area contributed by atoms with Crippen LogP contribution in [0.5, 0.6) is 0 Å². The summed E-state index contributed by atoms with van der Waals surface area (Å²) in [6.07, 6.45) is 1.89. The standard InChI is InChI=1S/C34H26FN3O3/c1-21(22-11-13-24(14-12-22)34(40)41)36-33(39)29-18-26(23-7-3-2-4-8-23)17-25-15-16-38(32(25)29)20-27-19-30(35)28-9-5-6-10-31(28)37-27/h2-19,21H,20H2,1H3,(H,36,39)(H,40,41)/t21-/m0/s1. The van der Waals surface area contributed by atoms with E-state index in [1.165, 1.54) is 18.2 Å². The van der Waals surface area contributed by atoms with Crippen LogP contribution in [-0.2, 0) is 6.54 Å². The molecule has 1 atom stereocenters. The summed E-state index contributed by atoms with van der Waals surface area (Å²) in [6, 6.07) is 30.3. The van der Waals surface area contributed by atoms with Gasteiger partial charge in [0.1, 0.15) is 5.82 Å². The number of benzene rings is 4. The van der Waals surface area contributed by atoms with Crippen molar-refractivity contribution in [2.45, 2.75) is 19.5 Å². The first-order chi connectivity index (χ1) is 19.9. The third kappa shape index (κ3) is 5.17. The average Bonchev–Trinajstić information content (AvgIpc) is 3.39. The molecule has 0 saturated heterocycles. The molecule has 6 rings (SSSR count). The number of aromatic carboxylic acids is 1. The van der Waals surface area contributed by atoms with Crippen LogP contribution in [0.15, 0.2) is 109 Å². The number of amides is 1. The zero-order valence-corrected chi connectivity index (χ0v) is 22.2. The van der Waals surface area contributed by atoms with E-state index in [0.29, 0.717) is 27.7 Å². The summed E-state index contributed by atoms with van der Waals surface area (Å²) >= 11 is 0. The van der Waals surface area contributed by atoms with Gasteiger partial charge in [-0.3, -0.25) is 9.78 Å². The number of carbonyl (C=O) groups is 2. The number of carbonyl (C=O) groups excluding carboxylic acids is 1. The van der Waals surface area contributed by atoms with Crippen molar-refractivity contribution in [3.8, 4) is 11.1 Å². The molecule has 0 radical (unpaired) electrons. The van der Waals surface area contributed by atoms with Gasteiger partial charge in [-0.1, -0.05) is 54.6 Å². The number of aromatic nitrogens is 2. The van der Waals surface area contributed by atoms with Crippen molar-refractivity contribution in [2.75, 3.05) is 0 Å². The van der Waals surface area contributed by atoms with Crippen LogP contribution in [0, 0.1) is 5.82 Å². The van der Waals surface area contributed by atoms with Crippen molar-refractivity contribution < 1.29 is 19.1 Å². The van der Waals surface area contributed by atoms with Gasteiger partial charge in [-0.15, -0.1) is 0 Å². The van der Waals surface area contributed by atoms with Crippen molar-refractivity contribution in [3.63, 3.8) is 0 Å². The molecule has 6 nitrogen and oxygen atoms in total. The maximum absolute atomic E-state index is 14.9. The number of hydrogen-bond acceptors (Lipinski definition) is 3. The Morgan fingerprint density at radius 2 is 1.63 bits per heavy atom. The Balaban J connectivity index is 1.40. The normalized spacial score (nSPS) is 12.0. The van der Waals surface area contributed by atoms with Crippen LogP contribution in [0.2, 0.25) is 0 Å². The zero-order chi connectivity index (χ0) is 28.5. The Bertz CT molecular complexity index is 1910. The topological polar surface area (TPSA) is 84.2 Å². The molecule has 0 fully saturated rings. The van der Waals surface area contributed by atoms with Gasteiger partial charge in [0.15, 0.2) is 0 Å². The predicted octanol–water partition coefficient (Wildman–Crippen LogP) is 7.23. The third-order valence-corrected chi connectivity index (χ3v) is 7.27. The van der Waals surface area contributed by atoms with Gasteiger partial charge in [-0.2, -0.15) is 0 Å². The van der Waals surface area contributed by atoms with Crippen molar-refractivity contribution in [1.82, 2.24) is 14.9 Å². The van der Waals surface area contributed by atoms with Crippen molar-refractivity contribution in [1.29, 1.82) is 0 Å². The molecule has 2 N–H and O–H groups in total. The fourth-order valence-corrected chi connectivity index (χ4v) is 5.16. The molecule has 0 spiro atoms. The maximum atomic E-state index is 14.9. The van der Waals surface area contributed by atoms with Crippen LogP contribution >= 0.6 is 0 Å². The highest BCUT2D eigenvalue weighted by molar-refractivity contribution is 6.08. The van der Waals surface area contributed by atoms with Gasteiger partial charge >= 0.3 is 5.97 Å². The lowest BCUT2D eigenvalue weighted by molar-refractivity contribution is 0.0696. The SMILES string of the molecule is C[C@H](NC(=O)c1cc(-c2ccccc2)cc2ccn(Cc3cc(F)c4ccccc4n3)c12)c1ccc(C(=O)O)cc1. The Hall–Kier alpha value is -5.30. The highest BCUT2D eigenvalue weighted by Gasteiger charge is 2.19. The van der Waals surface area contributed by atoms with Crippen LogP contribution in [0.4, 0.5) is 4.39 Å². The van der Waals surface area contributed by atoms with E-state index in [2.05, 4.69) is 10.3 Å². The fourth-order valence-electron chi connectivity index (χ4n) is 5.16. The number of rotatable bonds is 7. The lowest BCUT2D eigenvalue weighted by atomic mass is 9.99. The van der Waals surface area contributed by atoms with E-state index in [-0.39, 0.29) is 29.9 Å². The summed E-state index contributed by atoms with van der Waals surface area (Å²) in [6.45, 7) is 2.13. The first-order valence-corrected chi connectivity index (χ1v) is 13.2. The molecule has 0 unspecified atom stereocenters. The number of pyridine rings is 1. The van der Waals surface area contributed by atoms with E-state index in [0.717, 1.165) is 22.1 Å². The van der Waals surface area contributed by atoms with Gasteiger partial charge in [0, 0.05) is 17.0 Å². The molecule has 0 saturated carbocycles. The smallest absolute Gasteiger partial charge is 0.335 e. The van der Waals surface area contributed by atoms with E-state index < -0.39 is 5.97 Å². The summed E-state index contributed by atoms with van der Waals surface area (Å²) in [5.74, 6) is -1.62. The minimum absolute atomic E-state index is 0.182. The number of fused-ring (bicyclic) bond motifs is 2. The second-order valence-corrected chi connectivity index (χ2v) is 10.0. The molecule has 4 aromatic carbocycles. The zero-order valence-electron chi connectivity index (χ0n) is 22.2. The first kappa shape index (κ1) is 26.0. The van der Waals surface area contributed by atoms with Gasteiger partial charge < -0.3 is 15.0 Å². The van der Waals surface area contributed by atoms with Gasteiger partial charge in [-0.25, -0.2) is 9.18 Å².